The van der Waals surface area contributed by atoms with Crippen molar-refractivity contribution in [2.75, 3.05) is 5.73 Å². The van der Waals surface area contributed by atoms with Crippen LogP contribution in [0.4, 0.5) is 5.82 Å². The van der Waals surface area contributed by atoms with Crippen molar-refractivity contribution < 1.29 is 0 Å². The zero-order chi connectivity index (χ0) is 20.2. The van der Waals surface area contributed by atoms with Crippen molar-refractivity contribution in [3.8, 4) is 22.6 Å². The fourth-order valence-electron chi connectivity index (χ4n) is 3.99. The molecule has 0 spiro atoms. The molecule has 5 nitrogen and oxygen atoms in total. The van der Waals surface area contributed by atoms with Crippen LogP contribution in [0.15, 0.2) is 83.5 Å². The molecule has 0 bridgehead atoms. The minimum atomic E-state index is 0.582. The summed E-state index contributed by atoms with van der Waals surface area (Å²) in [5, 5.41) is 2.25. The monoisotopic (exact) mass is 453 g/mol. The Bertz CT molecular complexity index is 1560. The first-order valence-electron chi connectivity index (χ1n) is 9.59. The molecular formula is C24H16BrN5. The van der Waals surface area contributed by atoms with Crippen LogP contribution in [-0.4, -0.2) is 19.4 Å². The highest BCUT2D eigenvalue weighted by atomic mass is 79.9. The Morgan fingerprint density at radius 2 is 1.63 bits per heavy atom. The van der Waals surface area contributed by atoms with Gasteiger partial charge in [-0.3, -0.25) is 4.40 Å². The molecule has 4 aromatic heterocycles. The number of aromatic nitrogens is 4. The van der Waals surface area contributed by atoms with Gasteiger partial charge in [0, 0.05) is 32.5 Å². The van der Waals surface area contributed by atoms with Crippen molar-refractivity contribution in [1.29, 1.82) is 0 Å². The summed E-state index contributed by atoms with van der Waals surface area (Å²) in [7, 11) is 0. The van der Waals surface area contributed by atoms with E-state index >= 15 is 0 Å². The summed E-state index contributed by atoms with van der Waals surface area (Å²) in [4.78, 5) is 13.3. The lowest BCUT2D eigenvalue weighted by Crippen LogP contribution is -1.96. The fraction of sp³-hybridized carbons (Fsp3) is 0. The minimum absolute atomic E-state index is 0.582. The highest BCUT2D eigenvalue weighted by Crippen LogP contribution is 2.36. The molecule has 6 heteroatoms. The van der Waals surface area contributed by atoms with E-state index in [-0.39, 0.29) is 0 Å². The smallest absolute Gasteiger partial charge is 0.139 e. The number of aromatic amines is 1. The summed E-state index contributed by atoms with van der Waals surface area (Å²) in [6.07, 6.45) is 1.92. The third-order valence-corrected chi connectivity index (χ3v) is 5.95. The topological polar surface area (TPSA) is 72.0 Å². The molecule has 0 aliphatic rings. The Morgan fingerprint density at radius 1 is 0.833 bits per heavy atom. The summed E-state index contributed by atoms with van der Waals surface area (Å²) in [5.41, 5.74) is 12.7. The molecule has 0 aliphatic carbocycles. The van der Waals surface area contributed by atoms with Gasteiger partial charge in [0.05, 0.1) is 16.9 Å². The molecule has 0 saturated carbocycles. The van der Waals surface area contributed by atoms with E-state index in [2.05, 4.69) is 51.2 Å². The van der Waals surface area contributed by atoms with E-state index in [0.29, 0.717) is 11.5 Å². The number of hydrogen-bond acceptors (Lipinski definition) is 3. The average Bonchev–Trinajstić information content (AvgIpc) is 3.32. The van der Waals surface area contributed by atoms with Crippen LogP contribution in [0.25, 0.3) is 50.1 Å². The van der Waals surface area contributed by atoms with Crippen molar-refractivity contribution in [1.82, 2.24) is 19.4 Å². The van der Waals surface area contributed by atoms with Crippen LogP contribution in [0.3, 0.4) is 0 Å². The van der Waals surface area contributed by atoms with Gasteiger partial charge in [-0.15, -0.1) is 0 Å². The van der Waals surface area contributed by atoms with E-state index in [1.54, 1.807) is 0 Å². The summed E-state index contributed by atoms with van der Waals surface area (Å²) in [6.45, 7) is 0. The predicted molar refractivity (Wildman–Crippen MR) is 125 cm³/mol. The number of anilines is 1. The number of imidazole rings is 1. The molecule has 0 radical (unpaired) electrons. The first kappa shape index (κ1) is 17.2. The first-order chi connectivity index (χ1) is 14.7. The zero-order valence-electron chi connectivity index (χ0n) is 15.8. The van der Waals surface area contributed by atoms with E-state index in [1.165, 1.54) is 0 Å². The summed E-state index contributed by atoms with van der Waals surface area (Å²) >= 11 is 3.52. The summed E-state index contributed by atoms with van der Waals surface area (Å²) < 4.78 is 2.91. The van der Waals surface area contributed by atoms with E-state index in [0.717, 1.165) is 48.9 Å². The van der Waals surface area contributed by atoms with Gasteiger partial charge < -0.3 is 10.7 Å². The second kappa shape index (κ2) is 6.43. The maximum atomic E-state index is 6.46. The molecule has 2 aromatic carbocycles. The largest absolute Gasteiger partial charge is 0.383 e. The Morgan fingerprint density at radius 3 is 2.47 bits per heavy atom. The van der Waals surface area contributed by atoms with Gasteiger partial charge in [0.2, 0.25) is 0 Å². The third-order valence-electron chi connectivity index (χ3n) is 5.42. The van der Waals surface area contributed by atoms with Crippen LogP contribution in [0.2, 0.25) is 0 Å². The minimum Gasteiger partial charge on any atom is -0.383 e. The van der Waals surface area contributed by atoms with E-state index in [4.69, 9.17) is 15.7 Å². The van der Waals surface area contributed by atoms with Gasteiger partial charge in [-0.2, -0.15) is 0 Å². The highest BCUT2D eigenvalue weighted by Gasteiger charge is 2.18. The van der Waals surface area contributed by atoms with Crippen molar-refractivity contribution >= 4 is 49.2 Å². The van der Waals surface area contributed by atoms with Crippen LogP contribution in [0.5, 0.6) is 0 Å². The number of nitrogens with one attached hydrogen (secondary N) is 1. The van der Waals surface area contributed by atoms with E-state index in [9.17, 15) is 0 Å². The third kappa shape index (κ3) is 2.54. The van der Waals surface area contributed by atoms with Crippen LogP contribution < -0.4 is 5.73 Å². The Balaban J connectivity index is 1.71. The second-order valence-electron chi connectivity index (χ2n) is 7.23. The number of benzene rings is 2. The number of fused-ring (bicyclic) bond motifs is 4. The van der Waals surface area contributed by atoms with Crippen LogP contribution in [0.1, 0.15) is 0 Å². The zero-order valence-corrected chi connectivity index (χ0v) is 17.4. The predicted octanol–water partition coefficient (Wildman–Crippen LogP) is 6.04. The lowest BCUT2D eigenvalue weighted by molar-refractivity contribution is 1.20. The average molecular weight is 454 g/mol. The molecule has 0 atom stereocenters. The maximum absolute atomic E-state index is 6.46. The Labute approximate surface area is 180 Å². The normalized spacial score (nSPS) is 11.6. The van der Waals surface area contributed by atoms with Crippen LogP contribution in [0, 0.1) is 0 Å². The summed E-state index contributed by atoms with van der Waals surface area (Å²) in [5.74, 6) is 0.582. The van der Waals surface area contributed by atoms with Crippen LogP contribution in [-0.2, 0) is 0 Å². The number of nitrogens with zero attached hydrogens (tertiary/aromatic N) is 3. The lowest BCUT2D eigenvalue weighted by Gasteiger charge is -2.07. The lowest BCUT2D eigenvalue weighted by atomic mass is 10.1. The Hall–Kier alpha value is -3.64. The van der Waals surface area contributed by atoms with Crippen molar-refractivity contribution in [2.45, 2.75) is 0 Å². The number of rotatable bonds is 2. The second-order valence-corrected chi connectivity index (χ2v) is 8.15. The SMILES string of the molecule is Nc1c(-c2cc3c([nH]c4ccccc43)c(-c3ccc(Br)cc3)n2)nc2ccccn12. The number of pyridine rings is 2. The molecule has 144 valence electrons. The number of para-hydroxylation sites is 1. The maximum Gasteiger partial charge on any atom is 0.139 e. The molecule has 0 fully saturated rings. The molecular weight excluding hydrogens is 438 g/mol. The molecule has 0 saturated heterocycles. The standard InChI is InChI=1S/C24H16BrN5/c25-15-10-8-14(9-11-15)21-22-17(16-5-1-2-6-18(16)27-22)13-19(28-21)23-24(26)30-12-4-3-7-20(30)29-23/h1-13,27H,26H2. The van der Waals surface area contributed by atoms with E-state index < -0.39 is 0 Å². The first-order valence-corrected chi connectivity index (χ1v) is 10.4. The highest BCUT2D eigenvalue weighted by molar-refractivity contribution is 9.10. The molecule has 4 heterocycles. The van der Waals surface area contributed by atoms with E-state index in [1.807, 2.05) is 53.1 Å². The van der Waals surface area contributed by atoms with Gasteiger partial charge in [0.25, 0.3) is 0 Å². The van der Waals surface area contributed by atoms with Gasteiger partial charge in [-0.1, -0.05) is 52.3 Å². The molecule has 6 aromatic rings. The van der Waals surface area contributed by atoms with Crippen LogP contribution >= 0.6 is 15.9 Å². The Kier molecular flexibility index (Phi) is 3.70. The molecule has 0 aliphatic heterocycles. The number of hydrogen-bond donors (Lipinski definition) is 2. The number of H-pyrrole nitrogens is 1. The molecule has 3 N–H and O–H groups in total. The van der Waals surface area contributed by atoms with Gasteiger partial charge in [-0.25, -0.2) is 9.97 Å². The number of nitrogens with two attached hydrogens (primary N) is 1. The molecule has 6 rings (SSSR count). The molecule has 0 amide bonds. The molecule has 30 heavy (non-hydrogen) atoms. The van der Waals surface area contributed by atoms with Crippen molar-refractivity contribution in [2.24, 2.45) is 0 Å². The van der Waals surface area contributed by atoms with Gasteiger partial charge in [0.15, 0.2) is 0 Å². The van der Waals surface area contributed by atoms with Crippen molar-refractivity contribution in [3.63, 3.8) is 0 Å². The van der Waals surface area contributed by atoms with Gasteiger partial charge in [-0.05, 0) is 36.4 Å². The van der Waals surface area contributed by atoms with Gasteiger partial charge >= 0.3 is 0 Å². The quantitative estimate of drug-likeness (QED) is 0.335. The fourth-order valence-corrected chi connectivity index (χ4v) is 4.25. The number of halogens is 1. The molecule has 0 unspecified atom stereocenters. The summed E-state index contributed by atoms with van der Waals surface area (Å²) in [6, 6.07) is 24.4. The van der Waals surface area contributed by atoms with Gasteiger partial charge in [0.1, 0.15) is 17.2 Å². The van der Waals surface area contributed by atoms with Crippen molar-refractivity contribution in [3.05, 3.63) is 83.5 Å². The number of nitrogen functional groups attached to an aromatic ring is 1.